The molecule has 6 heteroatoms. The van der Waals surface area contributed by atoms with Gasteiger partial charge < -0.3 is 20.5 Å². The molecule has 0 aliphatic heterocycles. The van der Waals surface area contributed by atoms with Crippen molar-refractivity contribution in [3.05, 3.63) is 23.8 Å². The van der Waals surface area contributed by atoms with E-state index in [2.05, 4.69) is 10.6 Å². The Bertz CT molecular complexity index is 488. The molecule has 110 valence electrons. The van der Waals surface area contributed by atoms with Crippen molar-refractivity contribution in [1.82, 2.24) is 5.32 Å². The second-order valence-electron chi connectivity index (χ2n) is 4.46. The summed E-state index contributed by atoms with van der Waals surface area (Å²) in [6.07, 6.45) is 1.07. The predicted octanol–water partition coefficient (Wildman–Crippen LogP) is 2.38. The molecule has 0 spiro atoms. The second-order valence-corrected chi connectivity index (χ2v) is 4.46. The first-order chi connectivity index (χ1) is 9.47. The fraction of sp³-hybridized carbons (Fsp3) is 0.429. The van der Waals surface area contributed by atoms with Gasteiger partial charge in [-0.1, -0.05) is 13.3 Å². The minimum absolute atomic E-state index is 0.393. The van der Waals surface area contributed by atoms with Gasteiger partial charge in [0.05, 0.1) is 7.11 Å². The van der Waals surface area contributed by atoms with Gasteiger partial charge in [-0.15, -0.1) is 0 Å². The molecule has 0 aliphatic carbocycles. The summed E-state index contributed by atoms with van der Waals surface area (Å²) in [5.74, 6) is -0.307. The van der Waals surface area contributed by atoms with E-state index in [0.717, 1.165) is 11.3 Å². The predicted molar refractivity (Wildman–Crippen MR) is 76.2 cm³/mol. The van der Waals surface area contributed by atoms with Crippen molar-refractivity contribution >= 4 is 17.7 Å². The van der Waals surface area contributed by atoms with E-state index in [9.17, 15) is 9.59 Å². The number of carbonyl (C=O) groups excluding carboxylic acids is 1. The highest BCUT2D eigenvalue weighted by Crippen LogP contribution is 2.21. The van der Waals surface area contributed by atoms with Gasteiger partial charge in [0.2, 0.25) is 0 Å². The number of carbonyl (C=O) groups is 2. The highest BCUT2D eigenvalue weighted by Gasteiger charge is 2.18. The molecule has 3 N–H and O–H groups in total. The summed E-state index contributed by atoms with van der Waals surface area (Å²) in [4.78, 5) is 22.7. The number of benzene rings is 1. The van der Waals surface area contributed by atoms with Gasteiger partial charge in [0, 0.05) is 5.69 Å². The van der Waals surface area contributed by atoms with Crippen molar-refractivity contribution in [1.29, 1.82) is 0 Å². The van der Waals surface area contributed by atoms with Gasteiger partial charge in [0.1, 0.15) is 11.8 Å². The second kappa shape index (κ2) is 7.37. The summed E-state index contributed by atoms with van der Waals surface area (Å²) in [5.41, 5.74) is 1.47. The number of hydrogen-bond donors (Lipinski definition) is 3. The topological polar surface area (TPSA) is 87.7 Å². The molecule has 0 saturated carbocycles. The van der Waals surface area contributed by atoms with Crippen LogP contribution in [-0.4, -0.2) is 30.3 Å². The first-order valence-electron chi connectivity index (χ1n) is 6.42. The van der Waals surface area contributed by atoms with Gasteiger partial charge in [0.15, 0.2) is 0 Å². The lowest BCUT2D eigenvalue weighted by Crippen LogP contribution is -2.42. The van der Waals surface area contributed by atoms with Crippen LogP contribution >= 0.6 is 0 Å². The number of aliphatic carboxylic acids is 1. The Hall–Kier alpha value is -2.24. The van der Waals surface area contributed by atoms with Crippen LogP contribution in [0.15, 0.2) is 18.2 Å². The Morgan fingerprint density at radius 3 is 2.60 bits per heavy atom. The number of anilines is 1. The molecule has 0 aliphatic rings. The molecular weight excluding hydrogens is 260 g/mol. The third-order valence-electron chi connectivity index (χ3n) is 2.83. The van der Waals surface area contributed by atoms with E-state index < -0.39 is 18.0 Å². The van der Waals surface area contributed by atoms with Crippen LogP contribution in [0.25, 0.3) is 0 Å². The fourth-order valence-corrected chi connectivity index (χ4v) is 1.83. The quantitative estimate of drug-likeness (QED) is 0.746. The van der Waals surface area contributed by atoms with Crippen LogP contribution in [0.5, 0.6) is 5.75 Å². The minimum Gasteiger partial charge on any atom is -0.496 e. The average Bonchev–Trinajstić information content (AvgIpc) is 2.38. The minimum atomic E-state index is -1.03. The first kappa shape index (κ1) is 15.8. The molecule has 0 aromatic heterocycles. The molecule has 0 fully saturated rings. The van der Waals surface area contributed by atoms with Crippen LogP contribution in [0.2, 0.25) is 0 Å². The number of carboxylic acids is 1. The van der Waals surface area contributed by atoms with Gasteiger partial charge in [-0.25, -0.2) is 9.59 Å². The molecular formula is C14H20N2O4. The Kier molecular flexibility index (Phi) is 5.83. The number of ether oxygens (including phenoxy) is 1. The van der Waals surface area contributed by atoms with E-state index in [1.165, 1.54) is 0 Å². The number of carboxylic acid groups (broad SMARTS) is 1. The van der Waals surface area contributed by atoms with Crippen LogP contribution < -0.4 is 15.4 Å². The molecule has 20 heavy (non-hydrogen) atoms. The van der Waals surface area contributed by atoms with Gasteiger partial charge in [-0.3, -0.25) is 0 Å². The smallest absolute Gasteiger partial charge is 0.326 e. The third-order valence-corrected chi connectivity index (χ3v) is 2.83. The lowest BCUT2D eigenvalue weighted by molar-refractivity contribution is -0.139. The van der Waals surface area contributed by atoms with Gasteiger partial charge >= 0.3 is 12.0 Å². The average molecular weight is 280 g/mol. The monoisotopic (exact) mass is 280 g/mol. The Balaban J connectivity index is 2.66. The molecule has 0 heterocycles. The van der Waals surface area contributed by atoms with Crippen LogP contribution in [0.3, 0.4) is 0 Å². The van der Waals surface area contributed by atoms with Crippen molar-refractivity contribution in [2.75, 3.05) is 12.4 Å². The zero-order valence-electron chi connectivity index (χ0n) is 11.9. The number of nitrogens with one attached hydrogen (secondary N) is 2. The number of aryl methyl sites for hydroxylation is 1. The summed E-state index contributed by atoms with van der Waals surface area (Å²) >= 11 is 0. The maximum absolute atomic E-state index is 11.8. The van der Waals surface area contributed by atoms with Gasteiger partial charge in [-0.05, 0) is 37.1 Å². The Morgan fingerprint density at radius 2 is 2.10 bits per heavy atom. The Morgan fingerprint density at radius 1 is 1.40 bits per heavy atom. The SMILES string of the molecule is CCC[C@@H](NC(=O)Nc1ccc(OC)c(C)c1)C(=O)O. The Labute approximate surface area is 118 Å². The standard InChI is InChI=1S/C14H20N2O4/c1-4-5-11(13(17)18)16-14(19)15-10-6-7-12(20-3)9(2)8-10/h6-8,11H,4-5H2,1-3H3,(H,17,18)(H2,15,16,19)/t11-/m1/s1. The third kappa shape index (κ3) is 4.46. The van der Waals surface area contributed by atoms with Crippen molar-refractivity contribution in [2.24, 2.45) is 0 Å². The van der Waals surface area contributed by atoms with E-state index in [1.807, 2.05) is 13.8 Å². The lowest BCUT2D eigenvalue weighted by atomic mass is 10.2. The molecule has 1 aromatic rings. The maximum Gasteiger partial charge on any atom is 0.326 e. The molecule has 1 rings (SSSR count). The summed E-state index contributed by atoms with van der Waals surface area (Å²) in [6, 6.07) is 3.79. The van der Waals surface area contributed by atoms with Gasteiger partial charge in [0.25, 0.3) is 0 Å². The summed E-state index contributed by atoms with van der Waals surface area (Å²) in [6.45, 7) is 3.72. The van der Waals surface area contributed by atoms with E-state index in [0.29, 0.717) is 18.5 Å². The lowest BCUT2D eigenvalue weighted by Gasteiger charge is -2.15. The number of rotatable bonds is 6. The van der Waals surface area contributed by atoms with E-state index in [-0.39, 0.29) is 0 Å². The van der Waals surface area contributed by atoms with Crippen molar-refractivity contribution in [3.63, 3.8) is 0 Å². The van der Waals surface area contributed by atoms with Crippen LogP contribution in [0.1, 0.15) is 25.3 Å². The largest absolute Gasteiger partial charge is 0.496 e. The molecule has 0 saturated heterocycles. The summed E-state index contributed by atoms with van der Waals surface area (Å²) < 4.78 is 5.13. The zero-order valence-corrected chi connectivity index (χ0v) is 11.9. The summed E-state index contributed by atoms with van der Waals surface area (Å²) in [7, 11) is 1.57. The molecule has 2 amide bonds. The van der Waals surface area contributed by atoms with Crippen LogP contribution in [-0.2, 0) is 4.79 Å². The maximum atomic E-state index is 11.8. The van der Waals surface area contributed by atoms with E-state index >= 15 is 0 Å². The van der Waals surface area contributed by atoms with E-state index in [1.54, 1.807) is 25.3 Å². The van der Waals surface area contributed by atoms with Crippen molar-refractivity contribution < 1.29 is 19.4 Å². The molecule has 6 nitrogen and oxygen atoms in total. The fourth-order valence-electron chi connectivity index (χ4n) is 1.83. The van der Waals surface area contributed by atoms with Crippen LogP contribution in [0, 0.1) is 6.92 Å². The van der Waals surface area contributed by atoms with Crippen molar-refractivity contribution in [2.45, 2.75) is 32.7 Å². The molecule has 0 radical (unpaired) electrons. The molecule has 0 unspecified atom stereocenters. The zero-order chi connectivity index (χ0) is 15.1. The number of hydrogen-bond acceptors (Lipinski definition) is 3. The number of methoxy groups -OCH3 is 1. The highest BCUT2D eigenvalue weighted by molar-refractivity contribution is 5.92. The number of urea groups is 1. The summed E-state index contributed by atoms with van der Waals surface area (Å²) in [5, 5.41) is 14.0. The molecule has 1 aromatic carbocycles. The van der Waals surface area contributed by atoms with E-state index in [4.69, 9.17) is 9.84 Å². The van der Waals surface area contributed by atoms with Gasteiger partial charge in [-0.2, -0.15) is 0 Å². The highest BCUT2D eigenvalue weighted by atomic mass is 16.5. The van der Waals surface area contributed by atoms with Crippen LogP contribution in [0.4, 0.5) is 10.5 Å². The molecule has 0 bridgehead atoms. The van der Waals surface area contributed by atoms with Crippen molar-refractivity contribution in [3.8, 4) is 5.75 Å². The first-order valence-corrected chi connectivity index (χ1v) is 6.42. The molecule has 1 atom stereocenters. The normalized spacial score (nSPS) is 11.6. The number of amides is 2.